The van der Waals surface area contributed by atoms with Gasteiger partial charge >= 0.3 is 0 Å². The van der Waals surface area contributed by atoms with Crippen molar-refractivity contribution in [2.45, 2.75) is 44.0 Å². The standard InChI is InChI=1S/C24H25N3O5S/c1-3-24(29)27-16(2)14-18-15-20(8-9-21(18)27)33(30,31)13-11-23(28)26-19-6-4-17(5-7-19)22-10-12-25-32-22/h4-10,12,15-16H,3,11,13-14H2,1-2H3,(H,26,28)/t16-/m1/s1. The molecular weight excluding hydrogens is 442 g/mol. The summed E-state index contributed by atoms with van der Waals surface area (Å²) in [5.41, 5.74) is 2.98. The Balaban J connectivity index is 1.39. The summed E-state index contributed by atoms with van der Waals surface area (Å²) in [7, 11) is -3.65. The van der Waals surface area contributed by atoms with Gasteiger partial charge in [0.05, 0.1) is 16.8 Å². The number of amides is 2. The van der Waals surface area contributed by atoms with E-state index in [-0.39, 0.29) is 34.9 Å². The van der Waals surface area contributed by atoms with Crippen LogP contribution in [0, 0.1) is 0 Å². The van der Waals surface area contributed by atoms with Crippen molar-refractivity contribution in [3.8, 4) is 11.3 Å². The maximum atomic E-state index is 12.8. The summed E-state index contributed by atoms with van der Waals surface area (Å²) >= 11 is 0. The second-order valence-electron chi connectivity index (χ2n) is 8.03. The van der Waals surface area contributed by atoms with Crippen molar-refractivity contribution in [1.82, 2.24) is 5.16 Å². The van der Waals surface area contributed by atoms with E-state index < -0.39 is 9.84 Å². The largest absolute Gasteiger partial charge is 0.356 e. The van der Waals surface area contributed by atoms with E-state index in [0.717, 1.165) is 16.8 Å². The molecule has 33 heavy (non-hydrogen) atoms. The van der Waals surface area contributed by atoms with E-state index in [2.05, 4.69) is 10.5 Å². The van der Waals surface area contributed by atoms with Crippen LogP contribution in [0.4, 0.5) is 11.4 Å². The second kappa shape index (κ2) is 9.19. The monoisotopic (exact) mass is 467 g/mol. The summed E-state index contributed by atoms with van der Waals surface area (Å²) < 4.78 is 30.8. The van der Waals surface area contributed by atoms with Gasteiger partial charge in [-0.15, -0.1) is 0 Å². The number of carbonyl (C=O) groups excluding carboxylic acids is 2. The smallest absolute Gasteiger partial charge is 0.226 e. The van der Waals surface area contributed by atoms with Crippen LogP contribution < -0.4 is 10.2 Å². The number of aromatic nitrogens is 1. The number of hydrogen-bond acceptors (Lipinski definition) is 6. The van der Waals surface area contributed by atoms with Crippen molar-refractivity contribution in [1.29, 1.82) is 0 Å². The molecular formula is C24H25N3O5S. The molecule has 1 N–H and O–H groups in total. The molecule has 0 radical (unpaired) electrons. The van der Waals surface area contributed by atoms with Crippen LogP contribution in [0.3, 0.4) is 0 Å². The van der Waals surface area contributed by atoms with Crippen molar-refractivity contribution < 1.29 is 22.5 Å². The topological polar surface area (TPSA) is 110 Å². The van der Waals surface area contributed by atoms with Crippen molar-refractivity contribution in [2.24, 2.45) is 0 Å². The molecule has 1 aliphatic heterocycles. The molecule has 9 heteroatoms. The molecule has 0 bridgehead atoms. The highest BCUT2D eigenvalue weighted by Gasteiger charge is 2.31. The predicted molar refractivity (Wildman–Crippen MR) is 125 cm³/mol. The van der Waals surface area contributed by atoms with E-state index >= 15 is 0 Å². The van der Waals surface area contributed by atoms with Gasteiger partial charge in [-0.2, -0.15) is 0 Å². The lowest BCUT2D eigenvalue weighted by molar-refractivity contribution is -0.118. The van der Waals surface area contributed by atoms with Gasteiger partial charge in [0.2, 0.25) is 11.8 Å². The minimum Gasteiger partial charge on any atom is -0.356 e. The molecule has 0 saturated carbocycles. The summed E-state index contributed by atoms with van der Waals surface area (Å²) in [4.78, 5) is 26.5. The Kier molecular flexibility index (Phi) is 6.33. The number of fused-ring (bicyclic) bond motifs is 1. The highest BCUT2D eigenvalue weighted by atomic mass is 32.2. The van der Waals surface area contributed by atoms with Crippen LogP contribution in [-0.4, -0.2) is 37.2 Å². The number of anilines is 2. The molecule has 0 fully saturated rings. The number of sulfone groups is 1. The van der Waals surface area contributed by atoms with E-state index in [4.69, 9.17) is 4.52 Å². The third kappa shape index (κ3) is 4.83. The fourth-order valence-electron chi connectivity index (χ4n) is 4.00. The van der Waals surface area contributed by atoms with Crippen LogP contribution >= 0.6 is 0 Å². The van der Waals surface area contributed by atoms with E-state index in [0.29, 0.717) is 24.3 Å². The SMILES string of the molecule is CCC(=O)N1c2ccc(S(=O)(=O)CCC(=O)Nc3ccc(-c4ccno4)cc3)cc2C[C@H]1C. The molecule has 1 atom stereocenters. The van der Waals surface area contributed by atoms with Crippen molar-refractivity contribution >= 4 is 33.0 Å². The third-order valence-corrected chi connectivity index (χ3v) is 7.40. The van der Waals surface area contributed by atoms with Gasteiger partial charge in [0.15, 0.2) is 15.6 Å². The number of rotatable bonds is 7. The minimum absolute atomic E-state index is 0.00776. The molecule has 4 rings (SSSR count). The molecule has 1 aromatic heterocycles. The fraction of sp³-hybridized carbons (Fsp3) is 0.292. The lowest BCUT2D eigenvalue weighted by Gasteiger charge is -2.22. The van der Waals surface area contributed by atoms with Crippen LogP contribution in [-0.2, 0) is 25.8 Å². The van der Waals surface area contributed by atoms with Gasteiger partial charge in [-0.25, -0.2) is 8.42 Å². The van der Waals surface area contributed by atoms with Crippen LogP contribution in [0.25, 0.3) is 11.3 Å². The maximum absolute atomic E-state index is 12.8. The van der Waals surface area contributed by atoms with E-state index in [1.165, 1.54) is 6.07 Å². The Morgan fingerprint density at radius 3 is 2.58 bits per heavy atom. The first-order valence-corrected chi connectivity index (χ1v) is 12.4. The van der Waals surface area contributed by atoms with Crippen molar-refractivity contribution in [3.63, 3.8) is 0 Å². The molecule has 0 aliphatic carbocycles. The Morgan fingerprint density at radius 2 is 1.91 bits per heavy atom. The zero-order valence-electron chi connectivity index (χ0n) is 18.4. The first-order valence-electron chi connectivity index (χ1n) is 10.8. The van der Waals surface area contributed by atoms with Crippen LogP contribution in [0.15, 0.2) is 64.1 Å². The van der Waals surface area contributed by atoms with Gasteiger partial charge in [-0.3, -0.25) is 9.59 Å². The zero-order valence-corrected chi connectivity index (χ0v) is 19.3. The molecule has 2 heterocycles. The molecule has 0 saturated heterocycles. The van der Waals surface area contributed by atoms with Gasteiger partial charge in [-0.1, -0.05) is 12.1 Å². The Labute approximate surface area is 192 Å². The Morgan fingerprint density at radius 1 is 1.15 bits per heavy atom. The second-order valence-corrected chi connectivity index (χ2v) is 10.1. The summed E-state index contributed by atoms with van der Waals surface area (Å²) in [6.45, 7) is 3.76. The molecule has 172 valence electrons. The average molecular weight is 468 g/mol. The molecule has 8 nitrogen and oxygen atoms in total. The summed E-state index contributed by atoms with van der Waals surface area (Å²) in [5, 5.41) is 6.38. The van der Waals surface area contributed by atoms with Crippen LogP contribution in [0.2, 0.25) is 0 Å². The molecule has 0 spiro atoms. The van der Waals surface area contributed by atoms with Crippen LogP contribution in [0.1, 0.15) is 32.3 Å². The Bertz CT molecular complexity index is 1270. The molecule has 1 aliphatic rings. The van der Waals surface area contributed by atoms with Gasteiger partial charge in [-0.05, 0) is 61.4 Å². The number of nitrogens with zero attached hydrogens (tertiary/aromatic N) is 2. The summed E-state index contributed by atoms with van der Waals surface area (Å²) in [6.07, 6.45) is 2.38. The van der Waals surface area contributed by atoms with E-state index in [9.17, 15) is 18.0 Å². The predicted octanol–water partition coefficient (Wildman–Crippen LogP) is 3.83. The van der Waals surface area contributed by atoms with Gasteiger partial charge in [0.1, 0.15) is 0 Å². The molecule has 3 aromatic rings. The number of carbonyl (C=O) groups is 2. The number of benzene rings is 2. The minimum atomic E-state index is -3.65. The van der Waals surface area contributed by atoms with Crippen molar-refractivity contribution in [3.05, 3.63) is 60.3 Å². The highest BCUT2D eigenvalue weighted by Crippen LogP contribution is 2.34. The van der Waals surface area contributed by atoms with E-state index in [1.54, 1.807) is 53.6 Å². The molecule has 2 amide bonds. The summed E-state index contributed by atoms with van der Waals surface area (Å²) in [5.74, 6) is -0.0613. The maximum Gasteiger partial charge on any atom is 0.226 e. The third-order valence-electron chi connectivity index (χ3n) is 5.69. The molecule has 2 aromatic carbocycles. The first-order chi connectivity index (χ1) is 15.8. The quantitative estimate of drug-likeness (QED) is 0.566. The van der Waals surface area contributed by atoms with Gasteiger partial charge in [0, 0.05) is 41.9 Å². The summed E-state index contributed by atoms with van der Waals surface area (Å²) in [6, 6.07) is 13.6. The lowest BCUT2D eigenvalue weighted by Crippen LogP contribution is -2.35. The first kappa shape index (κ1) is 22.7. The van der Waals surface area contributed by atoms with E-state index in [1.807, 2.05) is 13.8 Å². The molecule has 0 unspecified atom stereocenters. The lowest BCUT2D eigenvalue weighted by atomic mass is 10.1. The van der Waals surface area contributed by atoms with Crippen molar-refractivity contribution in [2.75, 3.05) is 16.0 Å². The fourth-order valence-corrected chi connectivity index (χ4v) is 5.29. The van der Waals surface area contributed by atoms with Gasteiger partial charge < -0.3 is 14.7 Å². The number of hydrogen-bond donors (Lipinski definition) is 1. The zero-order chi connectivity index (χ0) is 23.6. The Hall–Kier alpha value is -3.46. The highest BCUT2D eigenvalue weighted by molar-refractivity contribution is 7.91. The normalized spacial score (nSPS) is 15.3. The number of nitrogens with one attached hydrogen (secondary N) is 1. The average Bonchev–Trinajstić information content (AvgIpc) is 3.45. The van der Waals surface area contributed by atoms with Gasteiger partial charge in [0.25, 0.3) is 0 Å². The van der Waals surface area contributed by atoms with Crippen LogP contribution in [0.5, 0.6) is 0 Å².